The molecule has 0 aliphatic carbocycles. The van der Waals surface area contributed by atoms with Crippen molar-refractivity contribution in [2.75, 3.05) is 13.1 Å². The van der Waals surface area contributed by atoms with Gasteiger partial charge in [0, 0.05) is 19.6 Å². The van der Waals surface area contributed by atoms with Crippen LogP contribution < -0.4 is 5.32 Å². The molecule has 0 bridgehead atoms. The zero-order chi connectivity index (χ0) is 18.6. The van der Waals surface area contributed by atoms with E-state index in [1.165, 1.54) is 16.4 Å². The van der Waals surface area contributed by atoms with Gasteiger partial charge in [0.2, 0.25) is 15.9 Å². The van der Waals surface area contributed by atoms with Gasteiger partial charge in [0.25, 0.3) is 0 Å². The molecule has 1 N–H and O–H groups in total. The molecule has 5 nitrogen and oxygen atoms in total. The van der Waals surface area contributed by atoms with E-state index in [0.717, 1.165) is 17.7 Å². The molecule has 1 aliphatic rings. The Morgan fingerprint density at radius 2 is 1.81 bits per heavy atom. The second-order valence-corrected chi connectivity index (χ2v) is 8.30. The largest absolute Gasteiger partial charge is 0.352 e. The topological polar surface area (TPSA) is 66.5 Å². The number of hydrogen-bond donors (Lipinski definition) is 1. The summed E-state index contributed by atoms with van der Waals surface area (Å²) in [7, 11) is -3.73. The molecular weight excluding hydrogens is 355 g/mol. The Balaban J connectivity index is 1.64. The maximum atomic E-state index is 13.0. The first-order chi connectivity index (χ1) is 12.5. The first-order valence-electron chi connectivity index (χ1n) is 8.54. The maximum Gasteiger partial charge on any atom is 0.243 e. The minimum Gasteiger partial charge on any atom is -0.352 e. The van der Waals surface area contributed by atoms with Crippen LogP contribution in [-0.2, 0) is 21.4 Å². The molecule has 0 unspecified atom stereocenters. The Morgan fingerprint density at radius 3 is 2.50 bits per heavy atom. The maximum absolute atomic E-state index is 13.0. The monoisotopic (exact) mass is 376 g/mol. The number of carbonyl (C=O) groups is 1. The van der Waals surface area contributed by atoms with Gasteiger partial charge in [-0.2, -0.15) is 4.31 Å². The number of nitrogens with one attached hydrogen (secondary N) is 1. The molecule has 0 aromatic heterocycles. The minimum absolute atomic E-state index is 0.0456. The van der Waals surface area contributed by atoms with Crippen molar-refractivity contribution in [2.24, 2.45) is 5.92 Å². The smallest absolute Gasteiger partial charge is 0.243 e. The van der Waals surface area contributed by atoms with Gasteiger partial charge in [-0.3, -0.25) is 4.79 Å². The Kier molecular flexibility index (Phi) is 5.68. The van der Waals surface area contributed by atoms with E-state index in [1.807, 2.05) is 30.3 Å². The highest BCUT2D eigenvalue weighted by atomic mass is 32.2. The van der Waals surface area contributed by atoms with Crippen LogP contribution in [0.25, 0.3) is 0 Å². The molecule has 2 aromatic rings. The quantitative estimate of drug-likeness (QED) is 0.872. The van der Waals surface area contributed by atoms with Crippen LogP contribution in [0.15, 0.2) is 59.5 Å². The number of hydrogen-bond acceptors (Lipinski definition) is 3. The Bertz CT molecular complexity index is 854. The van der Waals surface area contributed by atoms with E-state index < -0.39 is 15.8 Å². The predicted molar refractivity (Wildman–Crippen MR) is 96.2 cm³/mol. The summed E-state index contributed by atoms with van der Waals surface area (Å²) >= 11 is 0. The fourth-order valence-electron chi connectivity index (χ4n) is 3.06. The van der Waals surface area contributed by atoms with Gasteiger partial charge in [0.1, 0.15) is 5.82 Å². The highest BCUT2D eigenvalue weighted by molar-refractivity contribution is 7.89. The number of sulfonamides is 1. The first kappa shape index (κ1) is 18.5. The van der Waals surface area contributed by atoms with Crippen LogP contribution in [-0.4, -0.2) is 31.7 Å². The van der Waals surface area contributed by atoms with Crippen LogP contribution in [0.5, 0.6) is 0 Å². The van der Waals surface area contributed by atoms with Crippen molar-refractivity contribution >= 4 is 15.9 Å². The predicted octanol–water partition coefficient (Wildman–Crippen LogP) is 2.54. The third-order valence-electron chi connectivity index (χ3n) is 4.52. The Hall–Kier alpha value is -2.25. The molecule has 26 heavy (non-hydrogen) atoms. The molecular formula is C19H21FN2O3S. The summed E-state index contributed by atoms with van der Waals surface area (Å²) in [5.74, 6) is -1.02. The molecule has 7 heteroatoms. The summed E-state index contributed by atoms with van der Waals surface area (Å²) in [4.78, 5) is 12.5. The average Bonchev–Trinajstić information content (AvgIpc) is 2.67. The molecule has 1 saturated heterocycles. The standard InChI is InChI=1S/C19H21FN2O3S/c20-17-8-10-18(11-9-17)26(24,25)22-12-4-7-16(14-22)19(23)21-13-15-5-2-1-3-6-15/h1-3,5-6,8-11,16H,4,7,12-14H2,(H,21,23)/t16-/m1/s1. The van der Waals surface area contributed by atoms with Crippen LogP contribution in [0.2, 0.25) is 0 Å². The lowest BCUT2D eigenvalue weighted by atomic mass is 9.99. The van der Waals surface area contributed by atoms with Gasteiger partial charge < -0.3 is 5.32 Å². The van der Waals surface area contributed by atoms with Crippen molar-refractivity contribution in [2.45, 2.75) is 24.3 Å². The minimum atomic E-state index is -3.73. The van der Waals surface area contributed by atoms with Crippen LogP contribution in [0.4, 0.5) is 4.39 Å². The van der Waals surface area contributed by atoms with E-state index in [0.29, 0.717) is 25.9 Å². The SMILES string of the molecule is O=C(NCc1ccccc1)[C@@H]1CCCN(S(=O)(=O)c2ccc(F)cc2)C1. The molecule has 0 spiro atoms. The third kappa shape index (κ3) is 4.28. The molecule has 1 fully saturated rings. The number of piperidine rings is 1. The molecule has 0 radical (unpaired) electrons. The summed E-state index contributed by atoms with van der Waals surface area (Å²) < 4.78 is 39.8. The highest BCUT2D eigenvalue weighted by Gasteiger charge is 2.33. The highest BCUT2D eigenvalue weighted by Crippen LogP contribution is 2.24. The van der Waals surface area contributed by atoms with Gasteiger partial charge >= 0.3 is 0 Å². The van der Waals surface area contributed by atoms with Crippen molar-refractivity contribution in [1.29, 1.82) is 0 Å². The lowest BCUT2D eigenvalue weighted by Gasteiger charge is -2.31. The average molecular weight is 376 g/mol. The normalized spacial score (nSPS) is 18.4. The van der Waals surface area contributed by atoms with Gasteiger partial charge in [-0.05, 0) is 42.7 Å². The van der Waals surface area contributed by atoms with Gasteiger partial charge in [-0.25, -0.2) is 12.8 Å². The number of rotatable bonds is 5. The summed E-state index contributed by atoms with van der Waals surface area (Å²) in [6, 6.07) is 14.3. The molecule has 1 aliphatic heterocycles. The van der Waals surface area contributed by atoms with Gasteiger partial charge in [0.05, 0.1) is 10.8 Å². The van der Waals surface area contributed by atoms with Crippen molar-refractivity contribution in [3.63, 3.8) is 0 Å². The van der Waals surface area contributed by atoms with Crippen molar-refractivity contribution in [3.05, 3.63) is 66.0 Å². The second-order valence-electron chi connectivity index (χ2n) is 6.36. The van der Waals surface area contributed by atoms with E-state index in [4.69, 9.17) is 0 Å². The summed E-state index contributed by atoms with van der Waals surface area (Å²) in [5.41, 5.74) is 0.993. The van der Waals surface area contributed by atoms with E-state index in [9.17, 15) is 17.6 Å². The fourth-order valence-corrected chi connectivity index (χ4v) is 4.58. The van der Waals surface area contributed by atoms with Gasteiger partial charge in [-0.1, -0.05) is 30.3 Å². The van der Waals surface area contributed by atoms with E-state index >= 15 is 0 Å². The van der Waals surface area contributed by atoms with E-state index in [2.05, 4.69) is 5.32 Å². The molecule has 3 rings (SSSR count). The molecule has 1 amide bonds. The van der Waals surface area contributed by atoms with Crippen molar-refractivity contribution in [3.8, 4) is 0 Å². The number of nitrogens with zero attached hydrogens (tertiary/aromatic N) is 1. The summed E-state index contributed by atoms with van der Waals surface area (Å²) in [6.07, 6.45) is 1.26. The Labute approximate surface area is 152 Å². The van der Waals surface area contributed by atoms with Crippen molar-refractivity contribution in [1.82, 2.24) is 9.62 Å². The molecule has 2 aromatic carbocycles. The van der Waals surface area contributed by atoms with E-state index in [1.54, 1.807) is 0 Å². The van der Waals surface area contributed by atoms with Gasteiger partial charge in [-0.15, -0.1) is 0 Å². The number of benzene rings is 2. The molecule has 1 heterocycles. The lowest BCUT2D eigenvalue weighted by molar-refractivity contribution is -0.126. The fraction of sp³-hybridized carbons (Fsp3) is 0.316. The number of halogens is 1. The van der Waals surface area contributed by atoms with Crippen LogP contribution in [0.1, 0.15) is 18.4 Å². The zero-order valence-electron chi connectivity index (χ0n) is 14.3. The third-order valence-corrected chi connectivity index (χ3v) is 6.40. The second kappa shape index (κ2) is 7.97. The number of amides is 1. The molecule has 0 saturated carbocycles. The summed E-state index contributed by atoms with van der Waals surface area (Å²) in [6.45, 7) is 0.920. The Morgan fingerprint density at radius 1 is 1.12 bits per heavy atom. The lowest BCUT2D eigenvalue weighted by Crippen LogP contribution is -2.45. The zero-order valence-corrected chi connectivity index (χ0v) is 15.1. The molecule has 138 valence electrons. The van der Waals surface area contributed by atoms with E-state index in [-0.39, 0.29) is 23.3 Å². The summed E-state index contributed by atoms with van der Waals surface area (Å²) in [5, 5.41) is 2.88. The first-order valence-corrected chi connectivity index (χ1v) is 9.98. The van der Waals surface area contributed by atoms with Gasteiger partial charge in [0.15, 0.2) is 0 Å². The molecule has 1 atom stereocenters. The van der Waals surface area contributed by atoms with Crippen molar-refractivity contribution < 1.29 is 17.6 Å². The van der Waals surface area contributed by atoms with Crippen LogP contribution >= 0.6 is 0 Å². The van der Waals surface area contributed by atoms with Crippen LogP contribution in [0, 0.1) is 11.7 Å². The van der Waals surface area contributed by atoms with Crippen LogP contribution in [0.3, 0.4) is 0 Å². The number of carbonyl (C=O) groups excluding carboxylic acids is 1.